The van der Waals surface area contributed by atoms with Crippen LogP contribution in [0.5, 0.6) is 0 Å². The molecule has 2 aliphatic rings. The van der Waals surface area contributed by atoms with Crippen molar-refractivity contribution in [2.75, 3.05) is 59.2 Å². The van der Waals surface area contributed by atoms with E-state index in [0.717, 1.165) is 11.3 Å². The monoisotopic (exact) mass is 687 g/mol. The van der Waals surface area contributed by atoms with Crippen LogP contribution in [0, 0.1) is 0 Å². The first kappa shape index (κ1) is 35.7. The van der Waals surface area contributed by atoms with Gasteiger partial charge in [0, 0.05) is 44.5 Å². The van der Waals surface area contributed by atoms with Crippen LogP contribution in [0.25, 0.3) is 0 Å². The average Bonchev–Trinajstić information content (AvgIpc) is 3.37. The fourth-order valence-corrected chi connectivity index (χ4v) is 6.62. The topological polar surface area (TPSA) is 233 Å². The van der Waals surface area contributed by atoms with E-state index in [-0.39, 0.29) is 53.8 Å². The summed E-state index contributed by atoms with van der Waals surface area (Å²) >= 11 is -0.289. The number of oxime groups is 1. The zero-order valence-electron chi connectivity index (χ0n) is 25.0. The molecule has 45 heavy (non-hydrogen) atoms. The van der Waals surface area contributed by atoms with Crippen molar-refractivity contribution in [1.29, 1.82) is 0 Å². The molecule has 20 heteroatoms. The summed E-state index contributed by atoms with van der Waals surface area (Å²) in [5, 5.41) is 7.79. The standard InChI is InChI=1S/C24H29N7O7S2.CH4O3S/c1-29(2)21(33)14-6-5-7-30(8-14)13-38-23(34)19-15(10-36-3)12-40(35)22-16(9-31(19)22)26-20(32)18(28-37-4)17-11-39-24(25)27-17;1-5(2,3)4/h5-8,11,16,22H,9-10,12-13H2,1-4H3,(H2-,25,26,27,32);1H3,(H,2,3,4)/t16-,22-,40?;/m1./s1. The first-order chi connectivity index (χ1) is 21.1. The van der Waals surface area contributed by atoms with Gasteiger partial charge < -0.3 is 44.3 Å². The molecule has 1 saturated heterocycles. The summed E-state index contributed by atoms with van der Waals surface area (Å²) in [6.07, 6.45) is 3.86. The van der Waals surface area contributed by atoms with Gasteiger partial charge in [0.05, 0.1) is 23.3 Å². The molecule has 0 bridgehead atoms. The summed E-state index contributed by atoms with van der Waals surface area (Å²) in [5.74, 6) is -1.31. The van der Waals surface area contributed by atoms with Gasteiger partial charge in [0.2, 0.25) is 5.37 Å². The van der Waals surface area contributed by atoms with E-state index in [2.05, 4.69) is 15.5 Å². The Morgan fingerprint density at radius 3 is 2.60 bits per heavy atom. The van der Waals surface area contributed by atoms with E-state index in [9.17, 15) is 18.9 Å². The van der Waals surface area contributed by atoms with Crippen LogP contribution in [-0.4, -0.2) is 121 Å². The number of anilines is 1. The normalized spacial score (nSPS) is 19.4. The van der Waals surface area contributed by atoms with Crippen LogP contribution in [0.1, 0.15) is 16.1 Å². The van der Waals surface area contributed by atoms with Gasteiger partial charge in [-0.15, -0.1) is 11.3 Å². The molecule has 1 unspecified atom stereocenters. The third kappa shape index (κ3) is 9.58. The Balaban J connectivity index is 0.00000102. The van der Waals surface area contributed by atoms with Crippen molar-refractivity contribution >= 4 is 61.3 Å². The minimum Gasteiger partial charge on any atom is -0.748 e. The maximum Gasteiger partial charge on any atom is 0.359 e. The first-order valence-corrected chi connectivity index (χ1v) is 17.0. The molecule has 3 N–H and O–H groups in total. The molecular formula is C25H33N7O10S3. The van der Waals surface area contributed by atoms with Crippen molar-refractivity contribution < 1.29 is 50.8 Å². The molecule has 2 aromatic heterocycles. The highest BCUT2D eigenvalue weighted by Crippen LogP contribution is 2.36. The first-order valence-electron chi connectivity index (χ1n) is 12.9. The largest absolute Gasteiger partial charge is 0.748 e. The van der Waals surface area contributed by atoms with Gasteiger partial charge in [0.15, 0.2) is 23.2 Å². The van der Waals surface area contributed by atoms with Gasteiger partial charge in [0.25, 0.3) is 18.5 Å². The molecule has 3 atom stereocenters. The predicted molar refractivity (Wildman–Crippen MR) is 161 cm³/mol. The van der Waals surface area contributed by atoms with Crippen molar-refractivity contribution in [3.8, 4) is 0 Å². The van der Waals surface area contributed by atoms with Crippen LogP contribution in [0.3, 0.4) is 0 Å². The number of hydrogen-bond acceptors (Lipinski definition) is 15. The van der Waals surface area contributed by atoms with Crippen LogP contribution < -0.4 is 15.6 Å². The van der Waals surface area contributed by atoms with E-state index in [0.29, 0.717) is 17.4 Å². The molecule has 0 saturated carbocycles. The number of nitrogens with two attached hydrogens (primary N) is 1. The van der Waals surface area contributed by atoms with Crippen molar-refractivity contribution in [3.05, 3.63) is 52.4 Å². The summed E-state index contributed by atoms with van der Waals surface area (Å²) in [7, 11) is 2.17. The van der Waals surface area contributed by atoms with E-state index in [1.54, 1.807) is 53.5 Å². The quantitative estimate of drug-likeness (QED) is 0.0703. The summed E-state index contributed by atoms with van der Waals surface area (Å²) in [4.78, 5) is 50.6. The lowest BCUT2D eigenvalue weighted by Crippen LogP contribution is -2.72. The zero-order chi connectivity index (χ0) is 33.5. The number of nitrogen functional groups attached to an aromatic ring is 1. The molecule has 246 valence electrons. The summed E-state index contributed by atoms with van der Waals surface area (Å²) in [6.45, 7) is 0.151. The number of rotatable bonds is 10. The van der Waals surface area contributed by atoms with Gasteiger partial charge in [0.1, 0.15) is 35.9 Å². The van der Waals surface area contributed by atoms with Gasteiger partial charge in [-0.25, -0.2) is 18.2 Å². The lowest BCUT2D eigenvalue weighted by molar-refractivity contribution is -0.727. The maximum atomic E-state index is 13.3. The minimum absolute atomic E-state index is 0.0715. The third-order valence-corrected chi connectivity index (χ3v) is 8.53. The van der Waals surface area contributed by atoms with Gasteiger partial charge in [-0.1, -0.05) is 5.16 Å². The van der Waals surface area contributed by atoms with Gasteiger partial charge in [-0.2, -0.15) is 4.57 Å². The van der Waals surface area contributed by atoms with Crippen LogP contribution in [-0.2, 0) is 51.9 Å². The molecule has 2 amide bonds. The number of carbonyl (C=O) groups is 3. The van der Waals surface area contributed by atoms with Crippen LogP contribution >= 0.6 is 11.3 Å². The molecule has 2 aliphatic heterocycles. The number of fused-ring (bicyclic) bond motifs is 1. The Labute approximate surface area is 266 Å². The third-order valence-electron chi connectivity index (χ3n) is 6.10. The summed E-state index contributed by atoms with van der Waals surface area (Å²) < 4.78 is 52.8. The minimum atomic E-state index is -3.92. The number of pyridine rings is 1. The fraction of sp³-hybridized carbons (Fsp3) is 0.440. The Morgan fingerprint density at radius 2 is 2.02 bits per heavy atom. The number of nitrogens with zero attached hydrogens (tertiary/aromatic N) is 5. The van der Waals surface area contributed by atoms with Crippen molar-refractivity contribution in [2.24, 2.45) is 5.16 Å². The van der Waals surface area contributed by atoms with E-state index in [1.165, 1.54) is 19.1 Å². The number of carbonyl (C=O) groups excluding carboxylic acids is 3. The molecule has 0 aliphatic carbocycles. The van der Waals surface area contributed by atoms with Crippen molar-refractivity contribution in [2.45, 2.75) is 18.1 Å². The smallest absolute Gasteiger partial charge is 0.359 e. The maximum absolute atomic E-state index is 13.3. The Kier molecular flexibility index (Phi) is 12.2. The number of nitrogens with one attached hydrogen (secondary N) is 1. The Bertz CT molecular complexity index is 1570. The molecule has 4 rings (SSSR count). The molecule has 0 radical (unpaired) electrons. The number of hydrogen-bond donors (Lipinski definition) is 2. The number of ether oxygens (including phenoxy) is 2. The second-order valence-corrected chi connectivity index (χ2v) is 13.6. The average molecular weight is 688 g/mol. The van der Waals surface area contributed by atoms with Crippen molar-refractivity contribution in [3.63, 3.8) is 0 Å². The Hall–Kier alpha value is -3.82. The van der Waals surface area contributed by atoms with E-state index in [4.69, 9.17) is 33.0 Å². The molecule has 0 spiro atoms. The van der Waals surface area contributed by atoms with Crippen LogP contribution in [0.15, 0.2) is 46.3 Å². The fourth-order valence-electron chi connectivity index (χ4n) is 4.34. The number of esters is 1. The van der Waals surface area contributed by atoms with Crippen LogP contribution in [0.2, 0.25) is 0 Å². The number of amides is 2. The van der Waals surface area contributed by atoms with Gasteiger partial charge in [-0.3, -0.25) is 9.59 Å². The highest BCUT2D eigenvalue weighted by atomic mass is 32.2. The SMILES string of the molecule is COCC1=C(C(=O)OC[n+]2cccc(C(=O)N(C)C)c2)N2C[C@@H](NC(=O)C(=NOC)c3csc(N)n3)[C@H]2[S+]([O-])C1.CS(=O)(=O)[O-]. The molecule has 2 aromatic rings. The summed E-state index contributed by atoms with van der Waals surface area (Å²) in [6, 6.07) is 2.81. The second kappa shape index (κ2) is 15.5. The number of aromatic nitrogens is 2. The van der Waals surface area contributed by atoms with E-state index >= 15 is 0 Å². The molecule has 4 heterocycles. The molecule has 17 nitrogen and oxygen atoms in total. The van der Waals surface area contributed by atoms with Gasteiger partial charge in [-0.05, 0) is 17.2 Å². The van der Waals surface area contributed by atoms with Gasteiger partial charge >= 0.3 is 5.97 Å². The van der Waals surface area contributed by atoms with Crippen LogP contribution in [0.4, 0.5) is 5.13 Å². The second-order valence-electron chi connectivity index (χ2n) is 9.80. The number of methoxy groups -OCH3 is 1. The molecular weight excluding hydrogens is 655 g/mol. The highest BCUT2D eigenvalue weighted by molar-refractivity contribution is 7.92. The highest BCUT2D eigenvalue weighted by Gasteiger charge is 2.54. The number of thiazole rings is 1. The zero-order valence-corrected chi connectivity index (χ0v) is 27.4. The van der Waals surface area contributed by atoms with E-state index in [1.807, 2.05) is 0 Å². The molecule has 0 aromatic carbocycles. The van der Waals surface area contributed by atoms with E-state index < -0.39 is 44.6 Å². The summed E-state index contributed by atoms with van der Waals surface area (Å²) in [5.41, 5.74) is 7.09. The molecule has 1 fully saturated rings. The Morgan fingerprint density at radius 1 is 1.33 bits per heavy atom. The lowest BCUT2D eigenvalue weighted by Gasteiger charge is -2.51. The predicted octanol–water partition coefficient (Wildman–Crippen LogP) is -1.78. The lowest BCUT2D eigenvalue weighted by atomic mass is 10.0. The van der Waals surface area contributed by atoms with Crippen molar-refractivity contribution in [1.82, 2.24) is 20.1 Å².